The zero-order chi connectivity index (χ0) is 21.2. The van der Waals surface area contributed by atoms with Crippen LogP contribution in [0.2, 0.25) is 0 Å². The normalized spacial score (nSPS) is 28.1. The van der Waals surface area contributed by atoms with Crippen LogP contribution in [-0.4, -0.2) is 29.6 Å². The first-order valence-corrected chi connectivity index (χ1v) is 9.59. The van der Waals surface area contributed by atoms with E-state index in [0.29, 0.717) is 29.6 Å². The molecular formula is C21H23F3N4O. The number of hydrogen-bond donors (Lipinski definition) is 1. The largest absolute Gasteiger partial charge is 0.416 e. The maximum Gasteiger partial charge on any atom is 0.416 e. The lowest BCUT2D eigenvalue weighted by atomic mass is 9.61. The van der Waals surface area contributed by atoms with Gasteiger partial charge in [0.2, 0.25) is 0 Å². The van der Waals surface area contributed by atoms with Crippen molar-refractivity contribution in [2.24, 2.45) is 10.2 Å². The van der Waals surface area contributed by atoms with E-state index in [1.54, 1.807) is 24.2 Å². The molecule has 3 aliphatic heterocycles. The average molecular weight is 404 g/mol. The van der Waals surface area contributed by atoms with Crippen LogP contribution in [0.3, 0.4) is 0 Å². The second-order valence-corrected chi connectivity index (χ2v) is 8.41. The molecule has 1 aromatic rings. The smallest absolute Gasteiger partial charge is 0.362 e. The summed E-state index contributed by atoms with van der Waals surface area (Å²) in [6.07, 6.45) is -2.39. The topological polar surface area (TPSA) is 57.1 Å². The number of amides is 1. The summed E-state index contributed by atoms with van der Waals surface area (Å²) >= 11 is 0. The van der Waals surface area contributed by atoms with Crippen LogP contribution in [0.15, 0.2) is 57.5 Å². The van der Waals surface area contributed by atoms with Crippen molar-refractivity contribution in [1.82, 2.24) is 10.2 Å². The zero-order valence-electron chi connectivity index (χ0n) is 16.8. The number of likely N-dealkylation sites (N-methyl/N-ethyl adjacent to an activating group) is 1. The van der Waals surface area contributed by atoms with Gasteiger partial charge in [0.05, 0.1) is 22.8 Å². The lowest BCUT2D eigenvalue weighted by molar-refractivity contribution is -0.137. The van der Waals surface area contributed by atoms with Gasteiger partial charge in [0.15, 0.2) is 6.17 Å². The van der Waals surface area contributed by atoms with Crippen LogP contribution in [0.4, 0.5) is 13.2 Å². The molecule has 0 aromatic heterocycles. The van der Waals surface area contributed by atoms with Gasteiger partial charge in [-0.1, -0.05) is 25.1 Å². The second kappa shape index (κ2) is 6.18. The molecule has 8 heteroatoms. The Hall–Kier alpha value is -2.64. The molecule has 0 fully saturated rings. The van der Waals surface area contributed by atoms with E-state index in [4.69, 9.17) is 0 Å². The van der Waals surface area contributed by atoms with Crippen LogP contribution in [0.5, 0.6) is 0 Å². The highest BCUT2D eigenvalue weighted by molar-refractivity contribution is 6.00. The second-order valence-electron chi connectivity index (χ2n) is 8.41. The van der Waals surface area contributed by atoms with Crippen LogP contribution < -0.4 is 5.32 Å². The number of halogens is 3. The molecule has 5 nitrogen and oxygen atoms in total. The number of nitrogens with one attached hydrogen (secondary N) is 1. The number of benzene rings is 1. The Labute approximate surface area is 167 Å². The Morgan fingerprint density at radius 2 is 2.03 bits per heavy atom. The number of azo groups is 1. The molecule has 0 spiro atoms. The van der Waals surface area contributed by atoms with Gasteiger partial charge in [0.1, 0.15) is 0 Å². The summed E-state index contributed by atoms with van der Waals surface area (Å²) in [6.45, 7) is 5.82. The molecule has 1 unspecified atom stereocenters. The highest BCUT2D eigenvalue weighted by Gasteiger charge is 2.54. The lowest BCUT2D eigenvalue weighted by Gasteiger charge is -2.51. The molecule has 1 aromatic carbocycles. The minimum Gasteiger partial charge on any atom is -0.362 e. The van der Waals surface area contributed by atoms with Crippen LogP contribution in [0.1, 0.15) is 44.7 Å². The van der Waals surface area contributed by atoms with Gasteiger partial charge in [-0.05, 0) is 31.9 Å². The van der Waals surface area contributed by atoms with E-state index in [9.17, 15) is 18.0 Å². The fourth-order valence-electron chi connectivity index (χ4n) is 4.69. The summed E-state index contributed by atoms with van der Waals surface area (Å²) in [6, 6.07) is 5.27. The number of hydrogen-bond acceptors (Lipinski definition) is 4. The molecule has 0 bridgehead atoms. The van der Waals surface area contributed by atoms with Crippen molar-refractivity contribution in [2.75, 3.05) is 7.05 Å². The SMILES string of the molecule is CC[C@@]1(c2cccc(C(F)(F)F)c2)C2=CN=NC2NC2=C1C(=O)N(C)C(C)(C)C2. The van der Waals surface area contributed by atoms with Gasteiger partial charge in [-0.15, -0.1) is 0 Å². The predicted octanol–water partition coefficient (Wildman–Crippen LogP) is 4.53. The summed E-state index contributed by atoms with van der Waals surface area (Å²) in [5, 5.41) is 11.6. The van der Waals surface area contributed by atoms with Crippen molar-refractivity contribution < 1.29 is 18.0 Å². The molecule has 1 amide bonds. The number of fused-ring (bicyclic) bond motifs is 1. The first-order chi connectivity index (χ1) is 13.5. The number of nitrogens with zero attached hydrogens (tertiary/aromatic N) is 3. The molecular weight excluding hydrogens is 381 g/mol. The van der Waals surface area contributed by atoms with Gasteiger partial charge in [0, 0.05) is 30.3 Å². The number of alkyl halides is 3. The standard InChI is InChI=1S/C21H23F3N4O/c1-5-20(12-7-6-8-13(9-12)21(22,23)24)14-11-25-27-17(14)26-15-10-19(2,3)28(4)18(29)16(15)20/h6-9,11,17,26H,5,10H2,1-4H3/t17?,20-/m1/s1. The van der Waals surface area contributed by atoms with Crippen molar-refractivity contribution >= 4 is 5.91 Å². The monoisotopic (exact) mass is 404 g/mol. The molecule has 3 heterocycles. The highest BCUT2D eigenvalue weighted by Crippen LogP contribution is 2.52. The molecule has 29 heavy (non-hydrogen) atoms. The Morgan fingerprint density at radius 3 is 2.69 bits per heavy atom. The summed E-state index contributed by atoms with van der Waals surface area (Å²) in [7, 11) is 1.74. The first kappa shape index (κ1) is 19.7. The molecule has 154 valence electrons. The zero-order valence-corrected chi connectivity index (χ0v) is 16.8. The summed E-state index contributed by atoms with van der Waals surface area (Å²) in [5.74, 6) is -0.186. The number of carbonyl (C=O) groups is 1. The third kappa shape index (κ3) is 2.72. The summed E-state index contributed by atoms with van der Waals surface area (Å²) < 4.78 is 40.4. The molecule has 0 aliphatic carbocycles. The van der Waals surface area contributed by atoms with Crippen molar-refractivity contribution in [3.63, 3.8) is 0 Å². The van der Waals surface area contributed by atoms with Crippen LogP contribution in [-0.2, 0) is 16.4 Å². The summed E-state index contributed by atoms with van der Waals surface area (Å²) in [4.78, 5) is 15.2. The van der Waals surface area contributed by atoms with Gasteiger partial charge < -0.3 is 10.2 Å². The third-order valence-electron chi connectivity index (χ3n) is 6.45. The Kier molecular flexibility index (Phi) is 4.19. The maximum atomic E-state index is 13.5. The summed E-state index contributed by atoms with van der Waals surface area (Å²) in [5.41, 5.74) is 0.208. The van der Waals surface area contributed by atoms with Gasteiger partial charge >= 0.3 is 6.18 Å². The van der Waals surface area contributed by atoms with Crippen molar-refractivity contribution in [3.8, 4) is 0 Å². The molecule has 3 aliphatic rings. The average Bonchev–Trinajstić information content (AvgIpc) is 3.12. The molecule has 4 rings (SSSR count). The fourth-order valence-corrected chi connectivity index (χ4v) is 4.69. The minimum atomic E-state index is -4.47. The maximum absolute atomic E-state index is 13.5. The van der Waals surface area contributed by atoms with E-state index in [2.05, 4.69) is 15.5 Å². The van der Waals surface area contributed by atoms with E-state index < -0.39 is 28.9 Å². The van der Waals surface area contributed by atoms with Gasteiger partial charge in [-0.2, -0.15) is 23.4 Å². The lowest BCUT2D eigenvalue weighted by Crippen LogP contribution is -2.58. The van der Waals surface area contributed by atoms with Gasteiger partial charge in [0.25, 0.3) is 5.91 Å². The van der Waals surface area contributed by atoms with E-state index in [-0.39, 0.29) is 5.91 Å². The van der Waals surface area contributed by atoms with Crippen molar-refractivity contribution in [1.29, 1.82) is 0 Å². The third-order valence-corrected chi connectivity index (χ3v) is 6.45. The van der Waals surface area contributed by atoms with Crippen LogP contribution >= 0.6 is 0 Å². The van der Waals surface area contributed by atoms with E-state index >= 15 is 0 Å². The van der Waals surface area contributed by atoms with E-state index in [1.807, 2.05) is 20.8 Å². The van der Waals surface area contributed by atoms with Gasteiger partial charge in [-0.25, -0.2) is 0 Å². The van der Waals surface area contributed by atoms with Crippen molar-refractivity contribution in [2.45, 2.75) is 56.9 Å². The van der Waals surface area contributed by atoms with E-state index in [0.717, 1.165) is 17.8 Å². The van der Waals surface area contributed by atoms with Crippen LogP contribution in [0, 0.1) is 0 Å². The van der Waals surface area contributed by atoms with Crippen LogP contribution in [0.25, 0.3) is 0 Å². The van der Waals surface area contributed by atoms with Gasteiger partial charge in [-0.3, -0.25) is 4.79 Å². The Bertz CT molecular complexity index is 976. The predicted molar refractivity (Wildman–Crippen MR) is 102 cm³/mol. The fraction of sp³-hybridized carbons (Fsp3) is 0.476. The molecule has 0 radical (unpaired) electrons. The quantitative estimate of drug-likeness (QED) is 0.788. The minimum absolute atomic E-state index is 0.186. The Morgan fingerprint density at radius 1 is 1.31 bits per heavy atom. The molecule has 2 atom stereocenters. The number of rotatable bonds is 2. The molecule has 1 N–H and O–H groups in total. The van der Waals surface area contributed by atoms with Crippen molar-refractivity contribution in [3.05, 3.63) is 58.4 Å². The first-order valence-electron chi connectivity index (χ1n) is 9.59. The van der Waals surface area contributed by atoms with E-state index in [1.165, 1.54) is 6.07 Å². The molecule has 0 saturated heterocycles. The number of carbonyl (C=O) groups excluding carboxylic acids is 1. The molecule has 0 saturated carbocycles. The highest BCUT2D eigenvalue weighted by atomic mass is 19.4. The Balaban J connectivity index is 2.00.